The van der Waals surface area contributed by atoms with Crippen molar-refractivity contribution in [1.82, 2.24) is 9.97 Å². The lowest BCUT2D eigenvalue weighted by atomic mass is 9.97. The average Bonchev–Trinajstić information content (AvgIpc) is 2.93. The largest absolute Gasteiger partial charge is 0.463 e. The summed E-state index contributed by atoms with van der Waals surface area (Å²) in [4.78, 5) is 25.7. The number of ether oxygens (including phenoxy) is 2. The number of fused-ring (bicyclic) bond motifs is 1. The van der Waals surface area contributed by atoms with Crippen LogP contribution < -0.4 is 4.90 Å². The molecule has 0 saturated carbocycles. The van der Waals surface area contributed by atoms with Crippen molar-refractivity contribution in [2.75, 3.05) is 37.8 Å². The van der Waals surface area contributed by atoms with Crippen molar-refractivity contribution in [3.05, 3.63) is 16.8 Å². The molecule has 7 heteroatoms. The molecule has 0 aliphatic carbocycles. The molecule has 0 unspecified atom stereocenters. The fourth-order valence-electron chi connectivity index (χ4n) is 3.19. The molecular formula is C18H25N3O3S. The summed E-state index contributed by atoms with van der Waals surface area (Å²) >= 11 is 1.71. The molecule has 1 saturated heterocycles. The van der Waals surface area contributed by atoms with Crippen LogP contribution in [0.5, 0.6) is 0 Å². The van der Waals surface area contributed by atoms with E-state index >= 15 is 0 Å². The van der Waals surface area contributed by atoms with Crippen molar-refractivity contribution in [2.45, 2.75) is 33.6 Å². The minimum absolute atomic E-state index is 0.0273. The third-order valence-electron chi connectivity index (χ3n) is 4.75. The molecule has 0 bridgehead atoms. The highest BCUT2D eigenvalue weighted by Crippen LogP contribution is 2.35. The summed E-state index contributed by atoms with van der Waals surface area (Å²) < 4.78 is 10.5. The summed E-state index contributed by atoms with van der Waals surface area (Å²) in [5.74, 6) is 0.866. The van der Waals surface area contributed by atoms with Crippen LogP contribution in [0.1, 0.15) is 30.2 Å². The summed E-state index contributed by atoms with van der Waals surface area (Å²) in [6.45, 7) is 9.25. The molecular weight excluding hydrogens is 338 g/mol. The van der Waals surface area contributed by atoms with Gasteiger partial charge in [-0.25, -0.2) is 9.97 Å². The van der Waals surface area contributed by atoms with Crippen molar-refractivity contribution in [3.63, 3.8) is 0 Å². The first kappa shape index (κ1) is 18.1. The Balaban J connectivity index is 1.62. The summed E-state index contributed by atoms with van der Waals surface area (Å²) in [5.41, 5.74) is 1.26. The van der Waals surface area contributed by atoms with Crippen molar-refractivity contribution in [2.24, 2.45) is 5.92 Å². The quantitative estimate of drug-likeness (QED) is 0.580. The molecule has 3 rings (SSSR count). The average molecular weight is 363 g/mol. The van der Waals surface area contributed by atoms with Gasteiger partial charge in [0.05, 0.1) is 17.9 Å². The van der Waals surface area contributed by atoms with Gasteiger partial charge in [0.25, 0.3) is 0 Å². The summed E-state index contributed by atoms with van der Waals surface area (Å²) in [6.07, 6.45) is 3.23. The molecule has 0 spiro atoms. The van der Waals surface area contributed by atoms with Crippen LogP contribution in [0.15, 0.2) is 6.33 Å². The van der Waals surface area contributed by atoms with E-state index in [2.05, 4.69) is 28.7 Å². The van der Waals surface area contributed by atoms with Gasteiger partial charge in [-0.2, -0.15) is 0 Å². The molecule has 1 fully saturated rings. The normalized spacial score (nSPS) is 15.7. The Hall–Kier alpha value is -1.73. The first-order valence-electron chi connectivity index (χ1n) is 8.81. The molecule has 1 aliphatic heterocycles. The van der Waals surface area contributed by atoms with Crippen LogP contribution in [-0.4, -0.2) is 48.8 Å². The summed E-state index contributed by atoms with van der Waals surface area (Å²) in [7, 11) is 0. The van der Waals surface area contributed by atoms with Crippen molar-refractivity contribution < 1.29 is 14.3 Å². The van der Waals surface area contributed by atoms with Crippen LogP contribution in [0.3, 0.4) is 0 Å². The molecule has 1 aliphatic rings. The van der Waals surface area contributed by atoms with Gasteiger partial charge in [0.1, 0.15) is 23.6 Å². The maximum absolute atomic E-state index is 12.2. The van der Waals surface area contributed by atoms with Gasteiger partial charge in [-0.1, -0.05) is 0 Å². The van der Waals surface area contributed by atoms with E-state index in [1.54, 1.807) is 17.7 Å². The standard InChI is InChI=1S/C18H25N3O3S/c1-4-23-9-10-24-18(22)14-5-7-21(8-6-14)16-15-12(2)13(3)25-17(15)20-11-19-16/h11,14H,4-10H2,1-3H3. The van der Waals surface area contributed by atoms with E-state index in [4.69, 9.17) is 9.47 Å². The molecule has 0 amide bonds. The maximum Gasteiger partial charge on any atom is 0.309 e. The molecule has 0 N–H and O–H groups in total. The van der Waals surface area contributed by atoms with Crippen molar-refractivity contribution >= 4 is 33.3 Å². The second kappa shape index (κ2) is 8.10. The van der Waals surface area contributed by atoms with Gasteiger partial charge in [-0.15, -0.1) is 11.3 Å². The number of anilines is 1. The number of piperidine rings is 1. The Kier molecular flexibility index (Phi) is 5.86. The van der Waals surface area contributed by atoms with Gasteiger partial charge in [0, 0.05) is 24.6 Å². The molecule has 136 valence electrons. The number of aryl methyl sites for hydroxylation is 2. The second-order valence-electron chi connectivity index (χ2n) is 6.29. The highest BCUT2D eigenvalue weighted by molar-refractivity contribution is 7.18. The highest BCUT2D eigenvalue weighted by atomic mass is 32.1. The zero-order valence-electron chi connectivity index (χ0n) is 15.1. The van der Waals surface area contributed by atoms with Crippen LogP contribution in [0, 0.1) is 19.8 Å². The monoisotopic (exact) mass is 363 g/mol. The fraction of sp³-hybridized carbons (Fsp3) is 0.611. The first-order valence-corrected chi connectivity index (χ1v) is 9.63. The SMILES string of the molecule is CCOCCOC(=O)C1CCN(c2ncnc3sc(C)c(C)c23)CC1. The molecule has 0 atom stereocenters. The Morgan fingerprint density at radius 3 is 2.76 bits per heavy atom. The second-order valence-corrected chi connectivity index (χ2v) is 7.49. The van der Waals surface area contributed by atoms with Gasteiger partial charge in [0.15, 0.2) is 0 Å². The van der Waals surface area contributed by atoms with Gasteiger partial charge in [-0.3, -0.25) is 4.79 Å². The lowest BCUT2D eigenvalue weighted by molar-refractivity contribution is -0.150. The Bertz CT molecular complexity index is 738. The van der Waals surface area contributed by atoms with Gasteiger partial charge >= 0.3 is 5.97 Å². The molecule has 25 heavy (non-hydrogen) atoms. The van der Waals surface area contributed by atoms with Crippen LogP contribution >= 0.6 is 11.3 Å². The van der Waals surface area contributed by atoms with E-state index in [0.29, 0.717) is 19.8 Å². The van der Waals surface area contributed by atoms with Gasteiger partial charge in [-0.05, 0) is 39.2 Å². The number of rotatable bonds is 6. The lowest BCUT2D eigenvalue weighted by Crippen LogP contribution is -2.37. The number of hydrogen-bond acceptors (Lipinski definition) is 7. The zero-order chi connectivity index (χ0) is 17.8. The Morgan fingerprint density at radius 1 is 1.28 bits per heavy atom. The summed E-state index contributed by atoms with van der Waals surface area (Å²) in [6, 6.07) is 0. The first-order chi connectivity index (χ1) is 12.1. The number of thiophene rings is 1. The Labute approximate surface area is 152 Å². The third kappa shape index (κ3) is 3.93. The number of hydrogen-bond donors (Lipinski definition) is 0. The van der Waals surface area contributed by atoms with Crippen LogP contribution in [-0.2, 0) is 14.3 Å². The van der Waals surface area contributed by atoms with Crippen LogP contribution in [0.2, 0.25) is 0 Å². The molecule has 2 aromatic rings. The number of esters is 1. The lowest BCUT2D eigenvalue weighted by Gasteiger charge is -2.32. The Morgan fingerprint density at radius 2 is 2.04 bits per heavy atom. The minimum atomic E-state index is -0.102. The van der Waals surface area contributed by atoms with E-state index in [0.717, 1.165) is 42.0 Å². The summed E-state index contributed by atoms with van der Waals surface area (Å²) in [5, 5.41) is 1.16. The molecule has 0 aromatic carbocycles. The van der Waals surface area contributed by atoms with Crippen LogP contribution in [0.25, 0.3) is 10.2 Å². The predicted octanol–water partition coefficient (Wildman–Crippen LogP) is 3.10. The maximum atomic E-state index is 12.2. The van der Waals surface area contributed by atoms with E-state index in [1.165, 1.54) is 10.4 Å². The van der Waals surface area contributed by atoms with E-state index in [9.17, 15) is 4.79 Å². The number of nitrogens with zero attached hydrogens (tertiary/aromatic N) is 3. The van der Waals surface area contributed by atoms with Gasteiger partial charge < -0.3 is 14.4 Å². The topological polar surface area (TPSA) is 64.6 Å². The smallest absolute Gasteiger partial charge is 0.309 e. The molecule has 0 radical (unpaired) electrons. The van der Waals surface area contributed by atoms with E-state index in [1.807, 2.05) is 6.92 Å². The molecule has 6 nitrogen and oxygen atoms in total. The van der Waals surface area contributed by atoms with E-state index in [-0.39, 0.29) is 11.9 Å². The van der Waals surface area contributed by atoms with Crippen molar-refractivity contribution in [1.29, 1.82) is 0 Å². The third-order valence-corrected chi connectivity index (χ3v) is 5.86. The fourth-order valence-corrected chi connectivity index (χ4v) is 4.19. The molecule has 3 heterocycles. The van der Waals surface area contributed by atoms with E-state index < -0.39 is 0 Å². The van der Waals surface area contributed by atoms with Crippen molar-refractivity contribution in [3.8, 4) is 0 Å². The number of carbonyl (C=O) groups excluding carboxylic acids is 1. The van der Waals surface area contributed by atoms with Gasteiger partial charge in [0.2, 0.25) is 0 Å². The predicted molar refractivity (Wildman–Crippen MR) is 99.3 cm³/mol. The minimum Gasteiger partial charge on any atom is -0.463 e. The highest BCUT2D eigenvalue weighted by Gasteiger charge is 2.28. The van der Waals surface area contributed by atoms with Crippen LogP contribution in [0.4, 0.5) is 5.82 Å². The zero-order valence-corrected chi connectivity index (χ0v) is 15.9. The number of carbonyl (C=O) groups is 1. The molecule has 2 aromatic heterocycles. The number of aromatic nitrogens is 2.